The van der Waals surface area contributed by atoms with Gasteiger partial charge in [0.25, 0.3) is 0 Å². The average molecular weight is 339 g/mol. The Morgan fingerprint density at radius 1 is 1.30 bits per heavy atom. The minimum atomic E-state index is -3.69. The summed E-state index contributed by atoms with van der Waals surface area (Å²) in [6, 6.07) is 6.40. The molecule has 1 amide bonds. The highest BCUT2D eigenvalue weighted by Crippen LogP contribution is 2.43. The zero-order chi connectivity index (χ0) is 17.5. The lowest BCUT2D eigenvalue weighted by Gasteiger charge is -2.21. The van der Waals surface area contributed by atoms with Crippen LogP contribution in [0.1, 0.15) is 32.8 Å². The predicted molar refractivity (Wildman–Crippen MR) is 84.9 cm³/mol. The summed E-state index contributed by atoms with van der Waals surface area (Å²) >= 11 is 0. The fourth-order valence-corrected chi connectivity index (χ4v) is 4.31. The molecule has 0 spiro atoms. The van der Waals surface area contributed by atoms with Gasteiger partial charge in [-0.25, -0.2) is 13.2 Å². The first-order valence-corrected chi connectivity index (χ1v) is 8.83. The minimum Gasteiger partial charge on any atom is -0.444 e. The molecule has 1 aromatic carbocycles. The van der Waals surface area contributed by atoms with E-state index in [-0.39, 0.29) is 11.3 Å². The molecule has 1 aromatic rings. The van der Waals surface area contributed by atoms with Crippen LogP contribution in [-0.2, 0) is 19.4 Å². The summed E-state index contributed by atoms with van der Waals surface area (Å²) < 4.78 is 30.3. The van der Waals surface area contributed by atoms with E-state index in [2.05, 4.69) is 5.32 Å². The van der Waals surface area contributed by atoms with Gasteiger partial charge in [-0.05, 0) is 46.2 Å². The third kappa shape index (κ3) is 3.72. The summed E-state index contributed by atoms with van der Waals surface area (Å²) in [5.74, 6) is 0. The van der Waals surface area contributed by atoms with Gasteiger partial charge in [0.15, 0.2) is 9.84 Å². The maximum absolute atomic E-state index is 12.6. The summed E-state index contributed by atoms with van der Waals surface area (Å²) in [6.07, 6.45) is -0.273. The van der Waals surface area contributed by atoms with Crippen molar-refractivity contribution in [3.05, 3.63) is 29.8 Å². The molecule has 0 radical (unpaired) electrons. The van der Waals surface area contributed by atoms with Crippen molar-refractivity contribution in [1.82, 2.24) is 5.32 Å². The van der Waals surface area contributed by atoms with Gasteiger partial charge in [0.2, 0.25) is 0 Å². The maximum atomic E-state index is 12.6. The lowest BCUT2D eigenvalue weighted by molar-refractivity contribution is -0.110. The molecule has 1 aliphatic rings. The highest BCUT2D eigenvalue weighted by molar-refractivity contribution is 7.92. The first-order chi connectivity index (χ1) is 10.5. The van der Waals surface area contributed by atoms with Gasteiger partial charge in [-0.15, -0.1) is 0 Å². The predicted octanol–water partition coefficient (Wildman–Crippen LogP) is 2.00. The van der Waals surface area contributed by atoms with E-state index in [1.807, 2.05) is 6.92 Å². The molecule has 0 bridgehead atoms. The van der Waals surface area contributed by atoms with E-state index < -0.39 is 32.3 Å². The number of aldehydes is 1. The number of amides is 1. The summed E-state index contributed by atoms with van der Waals surface area (Å²) in [5, 5.41) is 1.43. The Morgan fingerprint density at radius 3 is 2.35 bits per heavy atom. The van der Waals surface area contributed by atoms with E-state index in [1.165, 1.54) is 12.1 Å². The molecule has 126 valence electrons. The number of hydrogen-bond donors (Lipinski definition) is 1. The highest BCUT2D eigenvalue weighted by atomic mass is 32.2. The first kappa shape index (κ1) is 17.5. The Balaban J connectivity index is 2.18. The standard InChI is InChI=1S/C16H21NO5S/c1-11-5-7-12(8-6-11)23(20,21)13-9-16(13,10-18)17-14(19)22-15(2,3)4/h5-8,10,13H,9H2,1-4H3,(H,17,19)/t13-,16+/m0/s1. The van der Waals surface area contributed by atoms with Crippen molar-refractivity contribution in [1.29, 1.82) is 0 Å². The summed E-state index contributed by atoms with van der Waals surface area (Å²) in [7, 11) is -3.69. The molecule has 6 nitrogen and oxygen atoms in total. The number of sulfone groups is 1. The normalized spacial score (nSPS) is 23.9. The van der Waals surface area contributed by atoms with Gasteiger partial charge < -0.3 is 14.8 Å². The Hall–Kier alpha value is -1.89. The van der Waals surface area contributed by atoms with Crippen molar-refractivity contribution in [2.75, 3.05) is 0 Å². The van der Waals surface area contributed by atoms with Crippen LogP contribution in [0.15, 0.2) is 29.2 Å². The smallest absolute Gasteiger partial charge is 0.408 e. The summed E-state index contributed by atoms with van der Waals surface area (Å²) in [5.41, 5.74) is -1.20. The number of carbonyl (C=O) groups is 2. The molecular weight excluding hydrogens is 318 g/mol. The molecular formula is C16H21NO5S. The second kappa shape index (κ2) is 5.63. The number of hydrogen-bond acceptors (Lipinski definition) is 5. The molecule has 0 saturated heterocycles. The number of nitrogens with one attached hydrogen (secondary N) is 1. The van der Waals surface area contributed by atoms with Crippen molar-refractivity contribution in [3.8, 4) is 0 Å². The monoisotopic (exact) mass is 339 g/mol. The van der Waals surface area contributed by atoms with Crippen LogP contribution in [-0.4, -0.2) is 37.2 Å². The van der Waals surface area contributed by atoms with E-state index in [0.717, 1.165) is 5.56 Å². The van der Waals surface area contributed by atoms with E-state index in [9.17, 15) is 18.0 Å². The van der Waals surface area contributed by atoms with Gasteiger partial charge in [-0.2, -0.15) is 0 Å². The van der Waals surface area contributed by atoms with Crippen LogP contribution in [0.25, 0.3) is 0 Å². The number of carbonyl (C=O) groups excluding carboxylic acids is 2. The zero-order valence-corrected chi connectivity index (χ0v) is 14.4. The van der Waals surface area contributed by atoms with Crippen LogP contribution in [0.3, 0.4) is 0 Å². The highest BCUT2D eigenvalue weighted by Gasteiger charge is 2.63. The molecule has 0 unspecified atom stereocenters. The van der Waals surface area contributed by atoms with Crippen LogP contribution in [0.2, 0.25) is 0 Å². The third-order valence-corrected chi connectivity index (χ3v) is 5.87. The fraction of sp³-hybridized carbons (Fsp3) is 0.500. The molecule has 1 aliphatic carbocycles. The third-order valence-electron chi connectivity index (χ3n) is 3.61. The number of rotatable bonds is 4. The molecule has 1 N–H and O–H groups in total. The van der Waals surface area contributed by atoms with Crippen LogP contribution >= 0.6 is 0 Å². The van der Waals surface area contributed by atoms with Crippen molar-refractivity contribution in [2.24, 2.45) is 0 Å². The number of aryl methyl sites for hydroxylation is 1. The van der Waals surface area contributed by atoms with E-state index in [0.29, 0.717) is 6.29 Å². The summed E-state index contributed by atoms with van der Waals surface area (Å²) in [4.78, 5) is 23.4. The number of ether oxygens (including phenoxy) is 1. The lowest BCUT2D eigenvalue weighted by atomic mass is 10.2. The number of benzene rings is 1. The Labute approximate surface area is 136 Å². The molecule has 0 aliphatic heterocycles. The van der Waals surface area contributed by atoms with E-state index in [4.69, 9.17) is 4.74 Å². The van der Waals surface area contributed by atoms with Crippen molar-refractivity contribution in [2.45, 2.75) is 55.4 Å². The number of alkyl carbamates (subject to hydrolysis) is 1. The fourth-order valence-electron chi connectivity index (χ4n) is 2.31. The van der Waals surface area contributed by atoms with Crippen LogP contribution in [0.5, 0.6) is 0 Å². The van der Waals surface area contributed by atoms with E-state index >= 15 is 0 Å². The Kier molecular flexibility index (Phi) is 4.28. The van der Waals surface area contributed by atoms with Gasteiger partial charge in [-0.1, -0.05) is 17.7 Å². The van der Waals surface area contributed by atoms with Crippen LogP contribution in [0.4, 0.5) is 4.79 Å². The zero-order valence-electron chi connectivity index (χ0n) is 13.6. The molecule has 7 heteroatoms. The maximum Gasteiger partial charge on any atom is 0.408 e. The molecule has 1 saturated carbocycles. The minimum absolute atomic E-state index is 0.0476. The molecule has 2 rings (SSSR count). The van der Waals surface area contributed by atoms with E-state index in [1.54, 1.807) is 32.9 Å². The average Bonchev–Trinajstić information content (AvgIpc) is 3.12. The van der Waals surface area contributed by atoms with Crippen molar-refractivity contribution in [3.63, 3.8) is 0 Å². The Bertz CT molecular complexity index is 718. The topological polar surface area (TPSA) is 89.5 Å². The largest absolute Gasteiger partial charge is 0.444 e. The SMILES string of the molecule is Cc1ccc(S(=O)(=O)[C@H]2C[C@]2(C=O)NC(=O)OC(C)(C)C)cc1. The first-order valence-electron chi connectivity index (χ1n) is 7.28. The van der Waals surface area contributed by atoms with Crippen LogP contribution in [0, 0.1) is 6.92 Å². The van der Waals surface area contributed by atoms with Gasteiger partial charge in [0.1, 0.15) is 17.4 Å². The van der Waals surface area contributed by atoms with Gasteiger partial charge in [-0.3, -0.25) is 0 Å². The second-order valence-corrected chi connectivity index (χ2v) is 8.97. The van der Waals surface area contributed by atoms with Gasteiger partial charge in [0, 0.05) is 0 Å². The molecule has 1 fully saturated rings. The quantitative estimate of drug-likeness (QED) is 0.848. The molecule has 0 aromatic heterocycles. The molecule has 23 heavy (non-hydrogen) atoms. The molecule has 2 atom stereocenters. The van der Waals surface area contributed by atoms with Crippen molar-refractivity contribution >= 4 is 22.2 Å². The van der Waals surface area contributed by atoms with Crippen LogP contribution < -0.4 is 5.32 Å². The van der Waals surface area contributed by atoms with Gasteiger partial charge >= 0.3 is 6.09 Å². The second-order valence-electron chi connectivity index (χ2n) is 6.84. The Morgan fingerprint density at radius 2 is 1.87 bits per heavy atom. The molecule has 0 heterocycles. The van der Waals surface area contributed by atoms with Crippen molar-refractivity contribution < 1.29 is 22.7 Å². The lowest BCUT2D eigenvalue weighted by Crippen LogP contribution is -2.45. The van der Waals surface area contributed by atoms with Gasteiger partial charge in [0.05, 0.1) is 10.1 Å². The summed E-state index contributed by atoms with van der Waals surface area (Å²) in [6.45, 7) is 6.92.